The van der Waals surface area contributed by atoms with Crippen LogP contribution in [0.2, 0.25) is 0 Å². The molecule has 1 aromatic carbocycles. The van der Waals surface area contributed by atoms with Gasteiger partial charge in [-0.2, -0.15) is 0 Å². The van der Waals surface area contributed by atoms with Crippen molar-refractivity contribution >= 4 is 5.69 Å². The standard InChI is InChI=1S/C14H22N2/c1-11(9-15-3)10-16-12(2)8-13-6-4-5-7-14(13)16/h4-7,11-12,15H,8-10H2,1-3H3. The van der Waals surface area contributed by atoms with Crippen molar-refractivity contribution in [3.05, 3.63) is 29.8 Å². The molecular formula is C14H22N2. The molecule has 2 unspecified atom stereocenters. The molecule has 88 valence electrons. The van der Waals surface area contributed by atoms with Crippen molar-refractivity contribution in [1.82, 2.24) is 5.32 Å². The zero-order valence-electron chi connectivity index (χ0n) is 10.5. The van der Waals surface area contributed by atoms with Gasteiger partial charge in [0.1, 0.15) is 0 Å². The van der Waals surface area contributed by atoms with Crippen molar-refractivity contribution in [3.8, 4) is 0 Å². The Bertz CT molecular complexity index is 348. The number of rotatable bonds is 4. The van der Waals surface area contributed by atoms with Crippen molar-refractivity contribution in [1.29, 1.82) is 0 Å². The lowest BCUT2D eigenvalue weighted by Crippen LogP contribution is -2.36. The molecule has 0 radical (unpaired) electrons. The van der Waals surface area contributed by atoms with Crippen LogP contribution in [0.3, 0.4) is 0 Å². The third-order valence-electron chi connectivity index (χ3n) is 3.41. The molecule has 2 rings (SSSR count). The van der Waals surface area contributed by atoms with E-state index >= 15 is 0 Å². The number of anilines is 1. The summed E-state index contributed by atoms with van der Waals surface area (Å²) in [5, 5.41) is 3.25. The first-order valence-corrected chi connectivity index (χ1v) is 6.21. The lowest BCUT2D eigenvalue weighted by Gasteiger charge is -2.28. The van der Waals surface area contributed by atoms with E-state index in [2.05, 4.69) is 48.3 Å². The van der Waals surface area contributed by atoms with Crippen LogP contribution in [0.4, 0.5) is 5.69 Å². The minimum Gasteiger partial charge on any atom is -0.368 e. The fraction of sp³-hybridized carbons (Fsp3) is 0.571. The van der Waals surface area contributed by atoms with Gasteiger partial charge in [0.05, 0.1) is 0 Å². The first-order chi connectivity index (χ1) is 7.72. The molecule has 0 saturated carbocycles. The SMILES string of the molecule is CNCC(C)CN1c2ccccc2CC1C. The van der Waals surface area contributed by atoms with E-state index in [1.54, 1.807) is 0 Å². The van der Waals surface area contributed by atoms with E-state index < -0.39 is 0 Å². The molecule has 1 heterocycles. The Morgan fingerprint density at radius 1 is 1.44 bits per heavy atom. The zero-order valence-corrected chi connectivity index (χ0v) is 10.5. The van der Waals surface area contributed by atoms with Crippen LogP contribution in [0.5, 0.6) is 0 Å². The summed E-state index contributed by atoms with van der Waals surface area (Å²) in [6.07, 6.45) is 1.20. The second-order valence-corrected chi connectivity index (χ2v) is 5.00. The summed E-state index contributed by atoms with van der Waals surface area (Å²) in [7, 11) is 2.03. The minimum atomic E-state index is 0.650. The van der Waals surface area contributed by atoms with E-state index in [1.807, 2.05) is 7.05 Å². The molecular weight excluding hydrogens is 196 g/mol. The van der Waals surface area contributed by atoms with E-state index in [0.29, 0.717) is 12.0 Å². The average molecular weight is 218 g/mol. The van der Waals surface area contributed by atoms with Crippen molar-refractivity contribution < 1.29 is 0 Å². The molecule has 1 aromatic rings. The van der Waals surface area contributed by atoms with Crippen LogP contribution < -0.4 is 10.2 Å². The maximum Gasteiger partial charge on any atom is 0.0402 e. The summed E-state index contributed by atoms with van der Waals surface area (Å²) in [6, 6.07) is 9.45. The van der Waals surface area contributed by atoms with Gasteiger partial charge >= 0.3 is 0 Å². The van der Waals surface area contributed by atoms with Crippen LogP contribution in [0.1, 0.15) is 19.4 Å². The van der Waals surface area contributed by atoms with Gasteiger partial charge < -0.3 is 10.2 Å². The molecule has 1 aliphatic heterocycles. The predicted octanol–water partition coefficient (Wildman–Crippen LogP) is 2.29. The number of hydrogen-bond acceptors (Lipinski definition) is 2. The van der Waals surface area contributed by atoms with Crippen LogP contribution >= 0.6 is 0 Å². The second-order valence-electron chi connectivity index (χ2n) is 5.00. The summed E-state index contributed by atoms with van der Waals surface area (Å²) in [6.45, 7) is 6.88. The number of benzene rings is 1. The lowest BCUT2D eigenvalue weighted by atomic mass is 10.1. The Morgan fingerprint density at radius 3 is 2.94 bits per heavy atom. The minimum absolute atomic E-state index is 0.650. The van der Waals surface area contributed by atoms with Gasteiger partial charge in [-0.1, -0.05) is 25.1 Å². The highest BCUT2D eigenvalue weighted by atomic mass is 15.2. The molecule has 2 heteroatoms. The van der Waals surface area contributed by atoms with Crippen LogP contribution in [0.25, 0.3) is 0 Å². The van der Waals surface area contributed by atoms with E-state index in [0.717, 1.165) is 13.1 Å². The highest BCUT2D eigenvalue weighted by Gasteiger charge is 2.26. The largest absolute Gasteiger partial charge is 0.368 e. The number of fused-ring (bicyclic) bond motifs is 1. The number of nitrogens with zero attached hydrogens (tertiary/aromatic N) is 1. The molecule has 0 amide bonds. The van der Waals surface area contributed by atoms with E-state index in [4.69, 9.17) is 0 Å². The van der Waals surface area contributed by atoms with E-state index in [9.17, 15) is 0 Å². The summed E-state index contributed by atoms with van der Waals surface area (Å²) in [5.74, 6) is 0.693. The molecule has 0 bridgehead atoms. The molecule has 1 N–H and O–H groups in total. The van der Waals surface area contributed by atoms with Crippen LogP contribution in [-0.2, 0) is 6.42 Å². The van der Waals surface area contributed by atoms with Crippen molar-refractivity contribution in [3.63, 3.8) is 0 Å². The first-order valence-electron chi connectivity index (χ1n) is 6.21. The van der Waals surface area contributed by atoms with Gasteiger partial charge in [-0.15, -0.1) is 0 Å². The number of para-hydroxylation sites is 1. The molecule has 0 aromatic heterocycles. The molecule has 0 fully saturated rings. The molecule has 2 atom stereocenters. The van der Waals surface area contributed by atoms with Gasteiger partial charge in [0.15, 0.2) is 0 Å². The highest BCUT2D eigenvalue weighted by Crippen LogP contribution is 2.32. The van der Waals surface area contributed by atoms with Gasteiger partial charge in [-0.3, -0.25) is 0 Å². The van der Waals surface area contributed by atoms with Crippen molar-refractivity contribution in [2.24, 2.45) is 5.92 Å². The van der Waals surface area contributed by atoms with E-state index in [1.165, 1.54) is 17.7 Å². The topological polar surface area (TPSA) is 15.3 Å². The predicted molar refractivity (Wildman–Crippen MR) is 70.0 cm³/mol. The van der Waals surface area contributed by atoms with Gasteiger partial charge in [-0.25, -0.2) is 0 Å². The summed E-state index contributed by atoms with van der Waals surface area (Å²) >= 11 is 0. The molecule has 0 spiro atoms. The third-order valence-corrected chi connectivity index (χ3v) is 3.41. The maximum absolute atomic E-state index is 3.25. The lowest BCUT2D eigenvalue weighted by molar-refractivity contribution is 0.510. The Hall–Kier alpha value is -1.02. The second kappa shape index (κ2) is 4.88. The third kappa shape index (κ3) is 2.22. The van der Waals surface area contributed by atoms with Crippen molar-refractivity contribution in [2.75, 3.05) is 25.0 Å². The van der Waals surface area contributed by atoms with Crippen molar-refractivity contribution in [2.45, 2.75) is 26.3 Å². The smallest absolute Gasteiger partial charge is 0.0402 e. The number of hydrogen-bond donors (Lipinski definition) is 1. The van der Waals surface area contributed by atoms with Gasteiger partial charge in [0, 0.05) is 18.3 Å². The first kappa shape index (κ1) is 11.5. The van der Waals surface area contributed by atoms with Crippen LogP contribution in [0.15, 0.2) is 24.3 Å². The molecule has 1 aliphatic rings. The fourth-order valence-corrected chi connectivity index (χ4v) is 2.66. The Labute approximate surface area is 98.7 Å². The van der Waals surface area contributed by atoms with Gasteiger partial charge in [-0.05, 0) is 44.5 Å². The van der Waals surface area contributed by atoms with Gasteiger partial charge in [0.2, 0.25) is 0 Å². The maximum atomic E-state index is 3.25. The van der Waals surface area contributed by atoms with Gasteiger partial charge in [0.25, 0.3) is 0 Å². The van der Waals surface area contributed by atoms with E-state index in [-0.39, 0.29) is 0 Å². The molecule has 0 aliphatic carbocycles. The zero-order chi connectivity index (χ0) is 11.5. The van der Waals surface area contributed by atoms with Crippen LogP contribution in [0, 0.1) is 5.92 Å². The van der Waals surface area contributed by atoms with Crippen LogP contribution in [-0.4, -0.2) is 26.2 Å². The molecule has 0 saturated heterocycles. The number of nitrogens with one attached hydrogen (secondary N) is 1. The highest BCUT2D eigenvalue weighted by molar-refractivity contribution is 5.59. The molecule has 2 nitrogen and oxygen atoms in total. The Morgan fingerprint density at radius 2 is 2.19 bits per heavy atom. The quantitative estimate of drug-likeness (QED) is 0.834. The fourth-order valence-electron chi connectivity index (χ4n) is 2.66. The normalized spacial score (nSPS) is 20.9. The average Bonchev–Trinajstić information content (AvgIpc) is 2.56. The summed E-state index contributed by atoms with van der Waals surface area (Å²) in [5.41, 5.74) is 2.95. The molecule has 16 heavy (non-hydrogen) atoms. The summed E-state index contributed by atoms with van der Waals surface area (Å²) in [4.78, 5) is 2.55. The Kier molecular flexibility index (Phi) is 3.49. The summed E-state index contributed by atoms with van der Waals surface area (Å²) < 4.78 is 0. The monoisotopic (exact) mass is 218 g/mol. The Balaban J connectivity index is 2.10.